The van der Waals surface area contributed by atoms with Crippen LogP contribution in [0.5, 0.6) is 5.75 Å². The van der Waals surface area contributed by atoms with Gasteiger partial charge in [-0.1, -0.05) is 29.9 Å². The van der Waals surface area contributed by atoms with E-state index in [-0.39, 0.29) is 4.99 Å². The first kappa shape index (κ1) is 14.2. The van der Waals surface area contributed by atoms with E-state index in [0.717, 1.165) is 13.0 Å². The van der Waals surface area contributed by atoms with Crippen LogP contribution in [0.2, 0.25) is 5.02 Å². The van der Waals surface area contributed by atoms with E-state index in [1.165, 1.54) is 0 Å². The van der Waals surface area contributed by atoms with Gasteiger partial charge in [0.15, 0.2) is 0 Å². The molecule has 0 heterocycles. The highest BCUT2D eigenvalue weighted by Gasteiger charge is 2.10. The molecule has 94 valence electrons. The van der Waals surface area contributed by atoms with Gasteiger partial charge < -0.3 is 15.4 Å². The largest absolute Gasteiger partial charge is 0.493 e. The van der Waals surface area contributed by atoms with Gasteiger partial charge in [-0.05, 0) is 32.6 Å². The Morgan fingerprint density at radius 2 is 2.18 bits per heavy atom. The highest BCUT2D eigenvalue weighted by molar-refractivity contribution is 7.80. The highest BCUT2D eigenvalue weighted by atomic mass is 35.5. The number of nitrogens with two attached hydrogens (primary N) is 1. The van der Waals surface area contributed by atoms with Gasteiger partial charge in [0, 0.05) is 6.54 Å². The van der Waals surface area contributed by atoms with Gasteiger partial charge in [0.1, 0.15) is 10.7 Å². The molecule has 0 saturated heterocycles. The standard InChI is InChI=1S/C12H17ClN2OS/c1-15(2)7-4-8-16-10-6-3-5-9(13)11(10)12(14)17/h3,5-6H,4,7-8H2,1-2H3,(H2,14,17). The molecule has 0 unspecified atom stereocenters. The summed E-state index contributed by atoms with van der Waals surface area (Å²) >= 11 is 11.0. The fourth-order valence-corrected chi connectivity index (χ4v) is 1.96. The summed E-state index contributed by atoms with van der Waals surface area (Å²) in [6.07, 6.45) is 0.941. The summed E-state index contributed by atoms with van der Waals surface area (Å²) in [5, 5.41) is 0.530. The molecule has 0 aliphatic rings. The second-order valence-electron chi connectivity index (χ2n) is 3.98. The van der Waals surface area contributed by atoms with Crippen molar-refractivity contribution in [3.63, 3.8) is 0 Å². The Kier molecular flexibility index (Phi) is 5.68. The Balaban J connectivity index is 2.64. The topological polar surface area (TPSA) is 38.5 Å². The Morgan fingerprint density at radius 1 is 1.47 bits per heavy atom. The van der Waals surface area contributed by atoms with Crippen molar-refractivity contribution in [2.45, 2.75) is 6.42 Å². The first-order valence-electron chi connectivity index (χ1n) is 5.38. The van der Waals surface area contributed by atoms with Gasteiger partial charge in [0.25, 0.3) is 0 Å². The van der Waals surface area contributed by atoms with Crippen molar-refractivity contribution in [1.29, 1.82) is 0 Å². The van der Waals surface area contributed by atoms with E-state index in [0.29, 0.717) is 22.9 Å². The summed E-state index contributed by atoms with van der Waals surface area (Å²) in [6.45, 7) is 1.59. The second-order valence-corrected chi connectivity index (χ2v) is 4.83. The quantitative estimate of drug-likeness (QED) is 0.637. The molecule has 0 amide bonds. The molecule has 1 rings (SSSR count). The zero-order chi connectivity index (χ0) is 12.8. The van der Waals surface area contributed by atoms with Crippen LogP contribution < -0.4 is 10.5 Å². The molecule has 0 saturated carbocycles. The molecule has 0 aliphatic carbocycles. The Bertz CT molecular complexity index is 396. The van der Waals surface area contributed by atoms with Gasteiger partial charge in [0.2, 0.25) is 0 Å². The number of nitrogens with zero attached hydrogens (tertiary/aromatic N) is 1. The number of rotatable bonds is 6. The van der Waals surface area contributed by atoms with Crippen LogP contribution in [0.15, 0.2) is 18.2 Å². The highest BCUT2D eigenvalue weighted by Crippen LogP contribution is 2.26. The Morgan fingerprint density at radius 3 is 2.76 bits per heavy atom. The van der Waals surface area contributed by atoms with Crippen molar-refractivity contribution < 1.29 is 4.74 Å². The fourth-order valence-electron chi connectivity index (χ4n) is 1.43. The molecule has 1 aromatic carbocycles. The number of hydrogen-bond donors (Lipinski definition) is 1. The van der Waals surface area contributed by atoms with Gasteiger partial charge in [0.05, 0.1) is 17.2 Å². The SMILES string of the molecule is CN(C)CCCOc1cccc(Cl)c1C(N)=S. The molecular weight excluding hydrogens is 256 g/mol. The van der Waals surface area contributed by atoms with Crippen molar-refractivity contribution in [3.05, 3.63) is 28.8 Å². The smallest absolute Gasteiger partial charge is 0.130 e. The lowest BCUT2D eigenvalue weighted by Crippen LogP contribution is -2.17. The van der Waals surface area contributed by atoms with Gasteiger partial charge >= 0.3 is 0 Å². The molecule has 0 aliphatic heterocycles. The monoisotopic (exact) mass is 272 g/mol. The van der Waals surface area contributed by atoms with E-state index >= 15 is 0 Å². The summed E-state index contributed by atoms with van der Waals surface area (Å²) in [5.74, 6) is 0.656. The molecule has 0 aromatic heterocycles. The third kappa shape index (κ3) is 4.50. The van der Waals surface area contributed by atoms with Gasteiger partial charge in [-0.15, -0.1) is 0 Å². The number of hydrogen-bond acceptors (Lipinski definition) is 3. The van der Waals surface area contributed by atoms with Gasteiger partial charge in [-0.2, -0.15) is 0 Å². The maximum atomic E-state index is 6.03. The van der Waals surface area contributed by atoms with Crippen molar-refractivity contribution in [2.75, 3.05) is 27.2 Å². The molecule has 0 bridgehead atoms. The average molecular weight is 273 g/mol. The number of halogens is 1. The minimum absolute atomic E-state index is 0.262. The third-order valence-corrected chi connectivity index (χ3v) is 2.75. The third-order valence-electron chi connectivity index (χ3n) is 2.23. The molecule has 2 N–H and O–H groups in total. The van der Waals surface area contributed by atoms with E-state index in [1.807, 2.05) is 26.2 Å². The van der Waals surface area contributed by atoms with E-state index < -0.39 is 0 Å². The fraction of sp³-hybridized carbons (Fsp3) is 0.417. The molecule has 3 nitrogen and oxygen atoms in total. The van der Waals surface area contributed by atoms with Crippen molar-refractivity contribution >= 4 is 28.8 Å². The maximum Gasteiger partial charge on any atom is 0.130 e. The van der Waals surface area contributed by atoms with Crippen LogP contribution >= 0.6 is 23.8 Å². The number of benzene rings is 1. The second kappa shape index (κ2) is 6.79. The van der Waals surface area contributed by atoms with E-state index in [2.05, 4.69) is 4.90 Å². The number of ether oxygens (including phenoxy) is 1. The zero-order valence-corrected chi connectivity index (χ0v) is 11.6. The summed E-state index contributed by atoms with van der Waals surface area (Å²) in [4.78, 5) is 2.37. The molecule has 5 heteroatoms. The molecule has 17 heavy (non-hydrogen) atoms. The molecule has 0 fully saturated rings. The Labute approximate surface area is 112 Å². The van der Waals surface area contributed by atoms with Gasteiger partial charge in [-0.25, -0.2) is 0 Å². The summed E-state index contributed by atoms with van der Waals surface area (Å²) in [7, 11) is 4.06. The zero-order valence-electron chi connectivity index (χ0n) is 10.1. The molecular formula is C12H17ClN2OS. The number of thiocarbonyl (C=S) groups is 1. The maximum absolute atomic E-state index is 6.03. The van der Waals surface area contributed by atoms with Crippen LogP contribution in [0.1, 0.15) is 12.0 Å². The van der Waals surface area contributed by atoms with Crippen LogP contribution in [-0.4, -0.2) is 37.1 Å². The van der Waals surface area contributed by atoms with Crippen LogP contribution in [-0.2, 0) is 0 Å². The van der Waals surface area contributed by atoms with Crippen LogP contribution in [0.25, 0.3) is 0 Å². The lowest BCUT2D eigenvalue weighted by atomic mass is 10.2. The molecule has 1 aromatic rings. The Hall–Kier alpha value is -0.840. The average Bonchev–Trinajstić information content (AvgIpc) is 2.23. The summed E-state index contributed by atoms with van der Waals surface area (Å²) < 4.78 is 5.65. The minimum Gasteiger partial charge on any atom is -0.493 e. The van der Waals surface area contributed by atoms with Crippen molar-refractivity contribution in [2.24, 2.45) is 5.73 Å². The summed E-state index contributed by atoms with van der Waals surface area (Å²) in [6, 6.07) is 5.41. The van der Waals surface area contributed by atoms with E-state index in [9.17, 15) is 0 Å². The van der Waals surface area contributed by atoms with Crippen molar-refractivity contribution in [1.82, 2.24) is 4.90 Å². The van der Waals surface area contributed by atoms with Crippen LogP contribution in [0.4, 0.5) is 0 Å². The normalized spacial score (nSPS) is 10.6. The van der Waals surface area contributed by atoms with Crippen LogP contribution in [0, 0.1) is 0 Å². The molecule has 0 atom stereocenters. The molecule has 0 radical (unpaired) electrons. The van der Waals surface area contributed by atoms with E-state index in [1.54, 1.807) is 6.07 Å². The van der Waals surface area contributed by atoms with Gasteiger partial charge in [-0.3, -0.25) is 0 Å². The summed E-state index contributed by atoms with van der Waals surface area (Å²) in [5.41, 5.74) is 6.25. The molecule has 0 spiro atoms. The lowest BCUT2D eigenvalue weighted by molar-refractivity contribution is 0.281. The predicted molar refractivity (Wildman–Crippen MR) is 76.0 cm³/mol. The first-order valence-corrected chi connectivity index (χ1v) is 6.17. The van der Waals surface area contributed by atoms with E-state index in [4.69, 9.17) is 34.3 Å². The van der Waals surface area contributed by atoms with Crippen LogP contribution in [0.3, 0.4) is 0 Å². The predicted octanol–water partition coefficient (Wildman–Crippen LogP) is 2.30. The first-order chi connectivity index (χ1) is 8.02. The lowest BCUT2D eigenvalue weighted by Gasteiger charge is -2.13. The van der Waals surface area contributed by atoms with Crippen molar-refractivity contribution in [3.8, 4) is 5.75 Å². The minimum atomic E-state index is 0.262.